The zero-order chi connectivity index (χ0) is 15.0. The minimum Gasteiger partial charge on any atom is -0.489 e. The molecule has 3 N–H and O–H groups in total. The smallest absolute Gasteiger partial charge is 0.180 e. The standard InChI is InChI=1S/C15H18ClN3O2/c1-8(2)12-9(10-7-18-19-15(10)17)6-11(16)13-14(12)21-5-3-4-20-13/h6-8H,3-5H2,1-2H3,(H3,17,18,19). The van der Waals surface area contributed by atoms with E-state index in [-0.39, 0.29) is 5.92 Å². The SMILES string of the molecule is CC(C)c1c(-c2cn[nH]c2N)cc(Cl)c2c1OCCCO2. The Morgan fingerprint density at radius 2 is 1.95 bits per heavy atom. The quantitative estimate of drug-likeness (QED) is 0.889. The van der Waals surface area contributed by atoms with E-state index in [2.05, 4.69) is 24.0 Å². The first kappa shape index (κ1) is 14.1. The molecule has 5 nitrogen and oxygen atoms in total. The van der Waals surface area contributed by atoms with Crippen LogP contribution in [0.2, 0.25) is 5.02 Å². The van der Waals surface area contributed by atoms with Crippen molar-refractivity contribution in [3.63, 3.8) is 0 Å². The number of halogens is 1. The molecule has 0 saturated heterocycles. The molecule has 21 heavy (non-hydrogen) atoms. The number of rotatable bonds is 2. The molecule has 1 aliphatic rings. The summed E-state index contributed by atoms with van der Waals surface area (Å²) in [5, 5.41) is 7.29. The second-order valence-corrected chi connectivity index (χ2v) is 5.79. The summed E-state index contributed by atoms with van der Waals surface area (Å²) in [6.45, 7) is 5.44. The lowest BCUT2D eigenvalue weighted by Gasteiger charge is -2.20. The number of benzene rings is 1. The molecule has 0 atom stereocenters. The van der Waals surface area contributed by atoms with Gasteiger partial charge in [-0.05, 0) is 17.5 Å². The fourth-order valence-corrected chi connectivity index (χ4v) is 2.86. The number of nitrogen functional groups attached to an aromatic ring is 1. The molecule has 3 rings (SSSR count). The highest BCUT2D eigenvalue weighted by Crippen LogP contribution is 2.48. The summed E-state index contributed by atoms with van der Waals surface area (Å²) in [6.07, 6.45) is 2.54. The maximum atomic E-state index is 6.39. The first-order valence-corrected chi connectivity index (χ1v) is 7.38. The molecular weight excluding hydrogens is 290 g/mol. The van der Waals surface area contributed by atoms with Crippen LogP contribution in [0.25, 0.3) is 11.1 Å². The molecule has 0 saturated carbocycles. The van der Waals surface area contributed by atoms with Crippen molar-refractivity contribution in [1.29, 1.82) is 0 Å². The van der Waals surface area contributed by atoms with Crippen LogP contribution in [-0.2, 0) is 0 Å². The van der Waals surface area contributed by atoms with E-state index in [0.29, 0.717) is 29.8 Å². The van der Waals surface area contributed by atoms with Gasteiger partial charge in [-0.25, -0.2) is 0 Å². The predicted octanol–water partition coefficient (Wildman–Crippen LogP) is 3.60. The van der Waals surface area contributed by atoms with E-state index in [0.717, 1.165) is 28.9 Å². The average Bonchev–Trinajstić information content (AvgIpc) is 2.71. The first-order valence-electron chi connectivity index (χ1n) is 7.00. The van der Waals surface area contributed by atoms with Gasteiger partial charge in [-0.15, -0.1) is 0 Å². The summed E-state index contributed by atoms with van der Waals surface area (Å²) in [7, 11) is 0. The fourth-order valence-electron chi connectivity index (χ4n) is 2.62. The molecule has 112 valence electrons. The molecule has 6 heteroatoms. The van der Waals surface area contributed by atoms with Crippen molar-refractivity contribution in [3.05, 3.63) is 22.8 Å². The van der Waals surface area contributed by atoms with Crippen molar-refractivity contribution in [2.24, 2.45) is 0 Å². The average molecular weight is 308 g/mol. The van der Waals surface area contributed by atoms with Gasteiger partial charge in [0.2, 0.25) is 0 Å². The predicted molar refractivity (Wildman–Crippen MR) is 83.1 cm³/mol. The Balaban J connectivity index is 2.28. The van der Waals surface area contributed by atoms with Gasteiger partial charge in [0.15, 0.2) is 11.5 Å². The topological polar surface area (TPSA) is 73.2 Å². The second-order valence-electron chi connectivity index (χ2n) is 5.38. The van der Waals surface area contributed by atoms with Crippen LogP contribution in [0.15, 0.2) is 12.3 Å². The van der Waals surface area contributed by atoms with Crippen molar-refractivity contribution < 1.29 is 9.47 Å². The Morgan fingerprint density at radius 3 is 2.57 bits per heavy atom. The number of H-pyrrole nitrogens is 1. The minimum absolute atomic E-state index is 0.238. The highest BCUT2D eigenvalue weighted by molar-refractivity contribution is 6.32. The summed E-state index contributed by atoms with van der Waals surface area (Å²) >= 11 is 6.39. The molecule has 0 bridgehead atoms. The third-order valence-electron chi connectivity index (χ3n) is 3.55. The lowest BCUT2D eigenvalue weighted by molar-refractivity contribution is 0.296. The Bertz CT molecular complexity index is 667. The molecule has 2 aromatic rings. The Hall–Kier alpha value is -1.88. The summed E-state index contributed by atoms with van der Waals surface area (Å²) in [4.78, 5) is 0. The van der Waals surface area contributed by atoms with Crippen LogP contribution in [-0.4, -0.2) is 23.4 Å². The summed E-state index contributed by atoms with van der Waals surface area (Å²) in [6, 6.07) is 1.88. The van der Waals surface area contributed by atoms with Gasteiger partial charge in [-0.1, -0.05) is 25.4 Å². The Kier molecular flexibility index (Phi) is 3.68. The minimum atomic E-state index is 0.238. The molecule has 1 aromatic heterocycles. The van der Waals surface area contributed by atoms with Crippen LogP contribution < -0.4 is 15.2 Å². The van der Waals surface area contributed by atoms with Gasteiger partial charge in [-0.3, -0.25) is 5.10 Å². The monoisotopic (exact) mass is 307 g/mol. The van der Waals surface area contributed by atoms with E-state index in [4.69, 9.17) is 26.8 Å². The van der Waals surface area contributed by atoms with Crippen LogP contribution in [0.5, 0.6) is 11.5 Å². The summed E-state index contributed by atoms with van der Waals surface area (Å²) in [5.74, 6) is 2.11. The van der Waals surface area contributed by atoms with E-state index in [1.165, 1.54) is 0 Å². The molecule has 0 fully saturated rings. The summed E-state index contributed by atoms with van der Waals surface area (Å²) < 4.78 is 11.7. The van der Waals surface area contributed by atoms with Crippen molar-refractivity contribution in [3.8, 4) is 22.6 Å². The van der Waals surface area contributed by atoms with E-state index in [1.54, 1.807) is 6.20 Å². The van der Waals surface area contributed by atoms with Crippen molar-refractivity contribution in [2.75, 3.05) is 18.9 Å². The van der Waals surface area contributed by atoms with Crippen molar-refractivity contribution in [1.82, 2.24) is 10.2 Å². The number of ether oxygens (including phenoxy) is 2. The molecule has 0 spiro atoms. The van der Waals surface area contributed by atoms with Crippen LogP contribution in [0, 0.1) is 0 Å². The first-order chi connectivity index (χ1) is 10.1. The maximum absolute atomic E-state index is 6.39. The second kappa shape index (κ2) is 5.48. The zero-order valence-corrected chi connectivity index (χ0v) is 12.8. The fraction of sp³-hybridized carbons (Fsp3) is 0.400. The zero-order valence-electron chi connectivity index (χ0n) is 12.1. The van der Waals surface area contributed by atoms with Gasteiger partial charge in [0.1, 0.15) is 5.82 Å². The van der Waals surface area contributed by atoms with Gasteiger partial charge >= 0.3 is 0 Å². The number of fused-ring (bicyclic) bond motifs is 1. The highest BCUT2D eigenvalue weighted by atomic mass is 35.5. The Labute approximate surface area is 128 Å². The third-order valence-corrected chi connectivity index (χ3v) is 3.83. The third kappa shape index (κ3) is 2.42. The van der Waals surface area contributed by atoms with Gasteiger partial charge in [0.05, 0.1) is 24.4 Å². The lowest BCUT2D eigenvalue weighted by Crippen LogP contribution is -2.02. The molecule has 1 aliphatic heterocycles. The van der Waals surface area contributed by atoms with Crippen molar-refractivity contribution in [2.45, 2.75) is 26.2 Å². The number of hydrogen-bond acceptors (Lipinski definition) is 4. The number of hydrogen-bond donors (Lipinski definition) is 2. The van der Waals surface area contributed by atoms with E-state index >= 15 is 0 Å². The number of nitrogens with zero attached hydrogens (tertiary/aromatic N) is 1. The number of nitrogens with one attached hydrogen (secondary N) is 1. The van der Waals surface area contributed by atoms with Crippen LogP contribution in [0.1, 0.15) is 31.7 Å². The van der Waals surface area contributed by atoms with Crippen molar-refractivity contribution >= 4 is 17.4 Å². The lowest BCUT2D eigenvalue weighted by atomic mass is 9.92. The molecule has 0 unspecified atom stereocenters. The van der Waals surface area contributed by atoms with Crippen LogP contribution >= 0.6 is 11.6 Å². The molecular formula is C15H18ClN3O2. The van der Waals surface area contributed by atoms with Crippen LogP contribution in [0.3, 0.4) is 0 Å². The van der Waals surface area contributed by atoms with E-state index < -0.39 is 0 Å². The number of nitrogens with two attached hydrogens (primary N) is 1. The number of aromatic amines is 1. The van der Waals surface area contributed by atoms with Gasteiger partial charge in [0.25, 0.3) is 0 Å². The largest absolute Gasteiger partial charge is 0.489 e. The Morgan fingerprint density at radius 1 is 1.24 bits per heavy atom. The van der Waals surface area contributed by atoms with Gasteiger partial charge in [-0.2, -0.15) is 5.10 Å². The highest BCUT2D eigenvalue weighted by Gasteiger charge is 2.25. The van der Waals surface area contributed by atoms with E-state index in [9.17, 15) is 0 Å². The normalized spacial score (nSPS) is 14.3. The van der Waals surface area contributed by atoms with Crippen LogP contribution in [0.4, 0.5) is 5.82 Å². The molecule has 1 aromatic carbocycles. The molecule has 0 radical (unpaired) electrons. The van der Waals surface area contributed by atoms with Gasteiger partial charge in [0, 0.05) is 17.5 Å². The van der Waals surface area contributed by atoms with Gasteiger partial charge < -0.3 is 15.2 Å². The molecule has 0 aliphatic carbocycles. The maximum Gasteiger partial charge on any atom is 0.180 e. The molecule has 2 heterocycles. The summed E-state index contributed by atoms with van der Waals surface area (Å²) in [5.41, 5.74) is 8.78. The number of aromatic nitrogens is 2. The molecule has 0 amide bonds. The van der Waals surface area contributed by atoms with E-state index in [1.807, 2.05) is 6.07 Å². The number of anilines is 1.